The lowest BCUT2D eigenvalue weighted by Gasteiger charge is -2.19. The van der Waals surface area contributed by atoms with E-state index in [1.165, 1.54) is 0 Å². The summed E-state index contributed by atoms with van der Waals surface area (Å²) >= 11 is 0. The van der Waals surface area contributed by atoms with Gasteiger partial charge in [-0.25, -0.2) is 8.78 Å². The number of hydrogen-bond donors (Lipinski definition) is 2. The quantitative estimate of drug-likeness (QED) is 0.672. The van der Waals surface area contributed by atoms with Crippen LogP contribution in [0.2, 0.25) is 0 Å². The fraction of sp³-hybridized carbons (Fsp3) is 1.00. The molecule has 0 heterocycles. The number of halogens is 2. The largest absolute Gasteiger partial charge is 0.390 e. The van der Waals surface area contributed by atoms with Gasteiger partial charge in [-0.15, -0.1) is 0 Å². The van der Waals surface area contributed by atoms with Crippen LogP contribution in [0.5, 0.6) is 0 Å². The predicted octanol–water partition coefficient (Wildman–Crippen LogP) is 2.03. The molecule has 0 spiro atoms. The van der Waals surface area contributed by atoms with Crippen LogP contribution < -0.4 is 5.32 Å². The lowest BCUT2D eigenvalue weighted by Crippen LogP contribution is -2.40. The molecule has 0 aromatic rings. The molecule has 0 fully saturated rings. The summed E-state index contributed by atoms with van der Waals surface area (Å²) in [5, 5.41) is 11.1. The van der Waals surface area contributed by atoms with Crippen molar-refractivity contribution in [3.05, 3.63) is 0 Å². The summed E-state index contributed by atoms with van der Waals surface area (Å²) in [5.74, 6) is -2.40. The first-order valence-corrected chi connectivity index (χ1v) is 5.09. The summed E-state index contributed by atoms with van der Waals surface area (Å²) in [6.07, 6.45) is 1.91. The Hall–Kier alpha value is -0.220. The Morgan fingerprint density at radius 1 is 1.21 bits per heavy atom. The van der Waals surface area contributed by atoms with Gasteiger partial charge in [0.15, 0.2) is 0 Å². The highest BCUT2D eigenvalue weighted by molar-refractivity contribution is 4.71. The van der Waals surface area contributed by atoms with Crippen LogP contribution in [0.4, 0.5) is 8.78 Å². The third-order valence-electron chi connectivity index (χ3n) is 2.12. The Morgan fingerprint density at radius 3 is 2.21 bits per heavy atom. The van der Waals surface area contributed by atoms with Crippen molar-refractivity contribution in [3.63, 3.8) is 0 Å². The fourth-order valence-corrected chi connectivity index (χ4v) is 1.06. The molecule has 0 aromatic carbocycles. The number of aliphatic hydroxyl groups excluding tert-OH is 1. The molecule has 0 aliphatic heterocycles. The highest BCUT2D eigenvalue weighted by atomic mass is 19.3. The monoisotopic (exact) mass is 209 g/mol. The van der Waals surface area contributed by atoms with E-state index in [2.05, 4.69) is 19.2 Å². The van der Waals surface area contributed by atoms with Crippen LogP contribution in [-0.2, 0) is 0 Å². The Kier molecular flexibility index (Phi) is 6.20. The van der Waals surface area contributed by atoms with Gasteiger partial charge in [-0.3, -0.25) is 0 Å². The molecular formula is C10H21F2NO. The van der Waals surface area contributed by atoms with Gasteiger partial charge in [0, 0.05) is 6.04 Å². The predicted molar refractivity (Wildman–Crippen MR) is 53.6 cm³/mol. The topological polar surface area (TPSA) is 32.3 Å². The minimum Gasteiger partial charge on any atom is -0.390 e. The first kappa shape index (κ1) is 13.8. The maximum absolute atomic E-state index is 12.6. The average Bonchev–Trinajstić information content (AvgIpc) is 2.11. The van der Waals surface area contributed by atoms with E-state index in [0.717, 1.165) is 12.8 Å². The van der Waals surface area contributed by atoms with E-state index in [1.54, 1.807) is 0 Å². The minimum atomic E-state index is -2.99. The van der Waals surface area contributed by atoms with Crippen molar-refractivity contribution in [3.8, 4) is 0 Å². The molecule has 0 aliphatic rings. The van der Waals surface area contributed by atoms with E-state index < -0.39 is 19.1 Å². The van der Waals surface area contributed by atoms with Crippen LogP contribution in [-0.4, -0.2) is 30.2 Å². The highest BCUT2D eigenvalue weighted by Gasteiger charge is 2.27. The lowest BCUT2D eigenvalue weighted by molar-refractivity contribution is -0.0492. The summed E-state index contributed by atoms with van der Waals surface area (Å²) in [7, 11) is 0. The van der Waals surface area contributed by atoms with Gasteiger partial charge in [-0.2, -0.15) is 0 Å². The van der Waals surface area contributed by atoms with Gasteiger partial charge < -0.3 is 10.4 Å². The second kappa shape index (κ2) is 6.30. The van der Waals surface area contributed by atoms with Gasteiger partial charge >= 0.3 is 0 Å². The van der Waals surface area contributed by atoms with Gasteiger partial charge in [-0.1, -0.05) is 13.8 Å². The first-order valence-electron chi connectivity index (χ1n) is 5.09. The molecule has 0 aliphatic carbocycles. The summed E-state index contributed by atoms with van der Waals surface area (Å²) < 4.78 is 25.2. The molecule has 14 heavy (non-hydrogen) atoms. The molecule has 0 bridgehead atoms. The normalized spacial score (nSPS) is 14.8. The zero-order valence-corrected chi connectivity index (χ0v) is 9.19. The average molecular weight is 209 g/mol. The van der Waals surface area contributed by atoms with E-state index in [0.29, 0.717) is 5.92 Å². The molecule has 1 unspecified atom stereocenters. The van der Waals surface area contributed by atoms with Gasteiger partial charge in [0.05, 0.1) is 6.54 Å². The highest BCUT2D eigenvalue weighted by Crippen LogP contribution is 2.12. The molecule has 0 saturated heterocycles. The molecule has 86 valence electrons. The van der Waals surface area contributed by atoms with Gasteiger partial charge in [-0.05, 0) is 25.7 Å². The van der Waals surface area contributed by atoms with E-state index in [1.807, 2.05) is 6.92 Å². The lowest BCUT2D eigenvalue weighted by atomic mass is 10.0. The number of nitrogens with one attached hydrogen (secondary N) is 1. The smallest absolute Gasteiger partial charge is 0.282 e. The fourth-order valence-electron chi connectivity index (χ4n) is 1.06. The van der Waals surface area contributed by atoms with Crippen LogP contribution in [0, 0.1) is 5.92 Å². The standard InChI is InChI=1S/C10H21F2NO/c1-8(2)4-5-9(3)13-6-10(11,12)7-14/h8-9,13-14H,4-7H2,1-3H3. The zero-order chi connectivity index (χ0) is 11.2. The third-order valence-corrected chi connectivity index (χ3v) is 2.12. The van der Waals surface area contributed by atoms with Crippen LogP contribution in [0.3, 0.4) is 0 Å². The van der Waals surface area contributed by atoms with E-state index in [4.69, 9.17) is 5.11 Å². The zero-order valence-electron chi connectivity index (χ0n) is 9.19. The third kappa shape index (κ3) is 7.21. The van der Waals surface area contributed by atoms with Gasteiger partial charge in [0.25, 0.3) is 5.92 Å². The SMILES string of the molecule is CC(C)CCC(C)NCC(F)(F)CO. The Balaban J connectivity index is 3.58. The Bertz CT molecular complexity index is 151. The molecule has 0 radical (unpaired) electrons. The van der Waals surface area contributed by atoms with Crippen LogP contribution in [0.25, 0.3) is 0 Å². The van der Waals surface area contributed by atoms with Crippen LogP contribution in [0.1, 0.15) is 33.6 Å². The Labute approximate surface area is 84.7 Å². The molecule has 0 amide bonds. The first-order chi connectivity index (χ1) is 6.37. The second-order valence-corrected chi connectivity index (χ2v) is 4.27. The van der Waals surface area contributed by atoms with Gasteiger partial charge in [0.1, 0.15) is 6.61 Å². The number of hydrogen-bond acceptors (Lipinski definition) is 2. The number of aliphatic hydroxyl groups is 1. The van der Waals surface area contributed by atoms with Crippen molar-refractivity contribution < 1.29 is 13.9 Å². The van der Waals surface area contributed by atoms with E-state index >= 15 is 0 Å². The number of alkyl halides is 2. The van der Waals surface area contributed by atoms with Crippen molar-refractivity contribution in [1.29, 1.82) is 0 Å². The molecule has 4 heteroatoms. The molecule has 2 N–H and O–H groups in total. The summed E-state index contributed by atoms with van der Waals surface area (Å²) in [4.78, 5) is 0. The maximum atomic E-state index is 12.6. The Morgan fingerprint density at radius 2 is 1.79 bits per heavy atom. The van der Waals surface area contributed by atoms with Gasteiger partial charge in [0.2, 0.25) is 0 Å². The second-order valence-electron chi connectivity index (χ2n) is 4.27. The van der Waals surface area contributed by atoms with Crippen molar-refractivity contribution in [2.24, 2.45) is 5.92 Å². The van der Waals surface area contributed by atoms with Crippen LogP contribution >= 0.6 is 0 Å². The molecular weight excluding hydrogens is 188 g/mol. The molecule has 2 nitrogen and oxygen atoms in total. The van der Waals surface area contributed by atoms with Crippen molar-refractivity contribution >= 4 is 0 Å². The maximum Gasteiger partial charge on any atom is 0.282 e. The van der Waals surface area contributed by atoms with Crippen molar-refractivity contribution in [2.45, 2.75) is 45.6 Å². The molecule has 0 saturated carbocycles. The summed E-state index contributed by atoms with van der Waals surface area (Å²) in [6.45, 7) is 4.57. The summed E-state index contributed by atoms with van der Waals surface area (Å²) in [6, 6.07) is 0.0785. The number of rotatable bonds is 7. The molecule has 1 atom stereocenters. The van der Waals surface area contributed by atoms with Crippen molar-refractivity contribution in [2.75, 3.05) is 13.2 Å². The van der Waals surface area contributed by atoms with Crippen LogP contribution in [0.15, 0.2) is 0 Å². The van der Waals surface area contributed by atoms with E-state index in [9.17, 15) is 8.78 Å². The van der Waals surface area contributed by atoms with Crippen molar-refractivity contribution in [1.82, 2.24) is 5.32 Å². The molecule has 0 rings (SSSR count). The van der Waals surface area contributed by atoms with E-state index in [-0.39, 0.29) is 6.04 Å². The molecule has 0 aromatic heterocycles. The minimum absolute atomic E-state index is 0.0785. The summed E-state index contributed by atoms with van der Waals surface area (Å²) in [5.41, 5.74) is 0.